The van der Waals surface area contributed by atoms with Gasteiger partial charge in [-0.3, -0.25) is 9.59 Å². The molecule has 1 aliphatic rings. The SMILES string of the molecule is COC(=O)[C@H](Cc1ccccc1)NC(=O)CC[C@@]1(Cc2ccc(SC)cc2)CCC(=O)N1. The number of thioether (sulfide) groups is 1. The molecule has 1 aliphatic heterocycles. The Morgan fingerprint density at radius 3 is 2.44 bits per heavy atom. The minimum Gasteiger partial charge on any atom is -0.467 e. The Morgan fingerprint density at radius 2 is 1.84 bits per heavy atom. The molecule has 2 N–H and O–H groups in total. The molecule has 0 bridgehead atoms. The number of carbonyl (C=O) groups excluding carboxylic acids is 3. The molecule has 0 saturated carbocycles. The second kappa shape index (κ2) is 11.2. The summed E-state index contributed by atoms with van der Waals surface area (Å²) in [5, 5.41) is 5.93. The van der Waals surface area contributed by atoms with Crippen LogP contribution in [0.3, 0.4) is 0 Å². The number of methoxy groups -OCH3 is 1. The highest BCUT2D eigenvalue weighted by Crippen LogP contribution is 2.30. The van der Waals surface area contributed by atoms with Crippen molar-refractivity contribution in [3.8, 4) is 0 Å². The summed E-state index contributed by atoms with van der Waals surface area (Å²) in [7, 11) is 1.32. The largest absolute Gasteiger partial charge is 0.467 e. The number of nitrogens with one attached hydrogen (secondary N) is 2. The van der Waals surface area contributed by atoms with Crippen molar-refractivity contribution in [2.75, 3.05) is 13.4 Å². The van der Waals surface area contributed by atoms with Gasteiger partial charge >= 0.3 is 5.97 Å². The molecule has 0 aromatic heterocycles. The van der Waals surface area contributed by atoms with Gasteiger partial charge in [0.1, 0.15) is 6.04 Å². The average Bonchev–Trinajstić information content (AvgIpc) is 3.18. The Bertz CT molecular complexity index is 933. The van der Waals surface area contributed by atoms with E-state index in [0.717, 1.165) is 11.1 Å². The van der Waals surface area contributed by atoms with Crippen molar-refractivity contribution < 1.29 is 19.1 Å². The van der Waals surface area contributed by atoms with E-state index in [1.165, 1.54) is 12.0 Å². The van der Waals surface area contributed by atoms with E-state index in [9.17, 15) is 14.4 Å². The van der Waals surface area contributed by atoms with Gasteiger partial charge in [-0.1, -0.05) is 42.5 Å². The second-order valence-corrected chi connectivity index (χ2v) is 9.07. The Balaban J connectivity index is 1.63. The first-order chi connectivity index (χ1) is 15.4. The summed E-state index contributed by atoms with van der Waals surface area (Å²) in [6, 6.07) is 17.1. The number of hydrogen-bond donors (Lipinski definition) is 2. The van der Waals surface area contributed by atoms with Crippen molar-refractivity contribution in [1.82, 2.24) is 10.6 Å². The van der Waals surface area contributed by atoms with Gasteiger partial charge in [-0.25, -0.2) is 4.79 Å². The predicted molar refractivity (Wildman–Crippen MR) is 125 cm³/mol. The number of benzene rings is 2. The third-order valence-corrected chi connectivity index (χ3v) is 6.61. The van der Waals surface area contributed by atoms with Gasteiger partial charge in [0.15, 0.2) is 0 Å². The van der Waals surface area contributed by atoms with Gasteiger partial charge in [0.05, 0.1) is 7.11 Å². The molecule has 1 saturated heterocycles. The van der Waals surface area contributed by atoms with Crippen molar-refractivity contribution in [2.24, 2.45) is 0 Å². The van der Waals surface area contributed by atoms with Gasteiger partial charge in [-0.2, -0.15) is 0 Å². The molecule has 0 unspecified atom stereocenters. The molecule has 6 nitrogen and oxygen atoms in total. The van der Waals surface area contributed by atoms with E-state index in [4.69, 9.17) is 4.74 Å². The van der Waals surface area contributed by atoms with Crippen LogP contribution in [-0.2, 0) is 32.0 Å². The Labute approximate surface area is 193 Å². The molecule has 2 amide bonds. The van der Waals surface area contributed by atoms with Crippen LogP contribution >= 0.6 is 11.8 Å². The standard InChI is InChI=1S/C25H30N2O4S/c1-31-24(30)21(16-18-6-4-3-5-7-18)26-22(28)12-14-25(15-13-23(29)27-25)17-19-8-10-20(32-2)11-9-19/h3-11,21H,12-17H2,1-2H3,(H,26,28)(H,27,29)/t21-,25-/m0/s1. The highest BCUT2D eigenvalue weighted by Gasteiger charge is 2.38. The van der Waals surface area contributed by atoms with Crippen LogP contribution in [0.4, 0.5) is 0 Å². The second-order valence-electron chi connectivity index (χ2n) is 8.19. The van der Waals surface area contributed by atoms with Crippen LogP contribution in [-0.4, -0.2) is 42.7 Å². The summed E-state index contributed by atoms with van der Waals surface area (Å²) in [5.41, 5.74) is 1.62. The molecule has 0 radical (unpaired) electrons. The molecule has 7 heteroatoms. The molecule has 3 rings (SSSR count). The van der Waals surface area contributed by atoms with Crippen molar-refractivity contribution in [3.05, 3.63) is 65.7 Å². The van der Waals surface area contributed by atoms with Crippen LogP contribution in [0.15, 0.2) is 59.5 Å². The lowest BCUT2D eigenvalue weighted by molar-refractivity contribution is -0.145. The number of rotatable bonds is 10. The van der Waals surface area contributed by atoms with Crippen LogP contribution in [0.1, 0.15) is 36.8 Å². The zero-order chi connectivity index (χ0) is 23.0. The monoisotopic (exact) mass is 454 g/mol. The Morgan fingerprint density at radius 1 is 1.12 bits per heavy atom. The number of esters is 1. The van der Waals surface area contributed by atoms with E-state index in [1.807, 2.05) is 36.6 Å². The van der Waals surface area contributed by atoms with Gasteiger partial charge in [0.2, 0.25) is 11.8 Å². The van der Waals surface area contributed by atoms with Crippen molar-refractivity contribution in [1.29, 1.82) is 0 Å². The summed E-state index contributed by atoms with van der Waals surface area (Å²) in [6.45, 7) is 0. The highest BCUT2D eigenvalue weighted by atomic mass is 32.2. The number of carbonyl (C=O) groups is 3. The first-order valence-corrected chi connectivity index (χ1v) is 12.0. The molecule has 170 valence electrons. The van der Waals surface area contributed by atoms with Gasteiger partial charge < -0.3 is 15.4 Å². The van der Waals surface area contributed by atoms with Crippen LogP contribution in [0.5, 0.6) is 0 Å². The number of hydrogen-bond acceptors (Lipinski definition) is 5. The van der Waals surface area contributed by atoms with Gasteiger partial charge in [0, 0.05) is 29.7 Å². The molecule has 0 aliphatic carbocycles. The van der Waals surface area contributed by atoms with Crippen molar-refractivity contribution >= 4 is 29.5 Å². The fraction of sp³-hybridized carbons (Fsp3) is 0.400. The zero-order valence-electron chi connectivity index (χ0n) is 18.6. The quantitative estimate of drug-likeness (QED) is 0.425. The van der Waals surface area contributed by atoms with Crippen molar-refractivity contribution in [3.63, 3.8) is 0 Å². The first-order valence-electron chi connectivity index (χ1n) is 10.8. The fourth-order valence-corrected chi connectivity index (χ4v) is 4.53. The molecular weight excluding hydrogens is 424 g/mol. The molecule has 2 atom stereocenters. The topological polar surface area (TPSA) is 84.5 Å². The summed E-state index contributed by atoms with van der Waals surface area (Å²) in [4.78, 5) is 38.2. The molecule has 2 aromatic carbocycles. The van der Waals surface area contributed by atoms with Gasteiger partial charge in [0.25, 0.3) is 0 Å². The van der Waals surface area contributed by atoms with Crippen LogP contribution in [0, 0.1) is 0 Å². The van der Waals surface area contributed by atoms with E-state index in [2.05, 4.69) is 34.9 Å². The van der Waals surface area contributed by atoms with Crippen LogP contribution in [0.25, 0.3) is 0 Å². The molecule has 2 aromatic rings. The van der Waals surface area contributed by atoms with E-state index in [0.29, 0.717) is 32.1 Å². The normalized spacial score (nSPS) is 18.6. The first kappa shape index (κ1) is 23.9. The highest BCUT2D eigenvalue weighted by molar-refractivity contribution is 7.98. The predicted octanol–water partition coefficient (Wildman–Crippen LogP) is 3.28. The number of amides is 2. The van der Waals surface area contributed by atoms with E-state index >= 15 is 0 Å². The maximum Gasteiger partial charge on any atom is 0.328 e. The van der Waals surface area contributed by atoms with Crippen molar-refractivity contribution in [2.45, 2.75) is 55.0 Å². The summed E-state index contributed by atoms with van der Waals surface area (Å²) >= 11 is 1.68. The lowest BCUT2D eigenvalue weighted by Crippen LogP contribution is -2.46. The number of ether oxygens (including phenoxy) is 1. The molecule has 1 heterocycles. The average molecular weight is 455 g/mol. The maximum absolute atomic E-state index is 12.7. The minimum absolute atomic E-state index is 0.0163. The van der Waals surface area contributed by atoms with E-state index in [1.54, 1.807) is 11.8 Å². The zero-order valence-corrected chi connectivity index (χ0v) is 19.4. The third-order valence-electron chi connectivity index (χ3n) is 5.87. The van der Waals surface area contributed by atoms with Gasteiger partial charge in [-0.15, -0.1) is 11.8 Å². The van der Waals surface area contributed by atoms with Crippen LogP contribution in [0.2, 0.25) is 0 Å². The summed E-state index contributed by atoms with van der Waals surface area (Å²) < 4.78 is 4.88. The van der Waals surface area contributed by atoms with E-state index in [-0.39, 0.29) is 18.2 Å². The molecule has 0 spiro atoms. The van der Waals surface area contributed by atoms with Gasteiger partial charge in [-0.05, 0) is 48.8 Å². The lowest BCUT2D eigenvalue weighted by atomic mass is 9.85. The van der Waals surface area contributed by atoms with Crippen LogP contribution < -0.4 is 10.6 Å². The smallest absolute Gasteiger partial charge is 0.328 e. The Kier molecular flexibility index (Phi) is 8.33. The third kappa shape index (κ3) is 6.60. The summed E-state index contributed by atoms with van der Waals surface area (Å²) in [6.07, 6.45) is 4.94. The molecular formula is C25H30N2O4S. The van der Waals surface area contributed by atoms with E-state index < -0.39 is 17.6 Å². The Hall–Kier alpha value is -2.80. The molecule has 1 fully saturated rings. The molecule has 32 heavy (non-hydrogen) atoms. The maximum atomic E-state index is 12.7. The lowest BCUT2D eigenvalue weighted by Gasteiger charge is -2.29. The fourth-order valence-electron chi connectivity index (χ4n) is 4.12. The summed E-state index contributed by atoms with van der Waals surface area (Å²) in [5.74, 6) is -0.683. The minimum atomic E-state index is -0.747.